The van der Waals surface area contributed by atoms with E-state index < -0.39 is 5.63 Å². The molecule has 0 radical (unpaired) electrons. The molecule has 1 fully saturated rings. The van der Waals surface area contributed by atoms with Crippen LogP contribution in [0, 0.1) is 6.92 Å². The molecular formula is C21H27N3O3. The summed E-state index contributed by atoms with van der Waals surface area (Å²) < 4.78 is 5.49. The molecule has 0 saturated carbocycles. The molecule has 1 saturated heterocycles. The summed E-state index contributed by atoms with van der Waals surface area (Å²) in [5, 5.41) is 0. The summed E-state index contributed by atoms with van der Waals surface area (Å²) in [6, 6.07) is 5.78. The van der Waals surface area contributed by atoms with Crippen LogP contribution < -0.4 is 10.5 Å². The van der Waals surface area contributed by atoms with E-state index >= 15 is 0 Å². The second-order valence-corrected chi connectivity index (χ2v) is 7.17. The van der Waals surface area contributed by atoms with Gasteiger partial charge >= 0.3 is 5.63 Å². The Morgan fingerprint density at radius 1 is 1.22 bits per heavy atom. The molecule has 0 N–H and O–H groups in total. The van der Waals surface area contributed by atoms with E-state index in [2.05, 4.69) is 16.8 Å². The monoisotopic (exact) mass is 369 g/mol. The van der Waals surface area contributed by atoms with E-state index in [9.17, 15) is 9.59 Å². The van der Waals surface area contributed by atoms with Crippen LogP contribution in [0.3, 0.4) is 0 Å². The van der Waals surface area contributed by atoms with Crippen LogP contribution in [0.25, 0.3) is 0 Å². The van der Waals surface area contributed by atoms with Gasteiger partial charge in [-0.05, 0) is 37.1 Å². The summed E-state index contributed by atoms with van der Waals surface area (Å²) in [4.78, 5) is 33.4. The van der Waals surface area contributed by atoms with E-state index in [0.717, 1.165) is 31.6 Å². The Morgan fingerprint density at radius 3 is 2.48 bits per heavy atom. The van der Waals surface area contributed by atoms with Gasteiger partial charge in [-0.2, -0.15) is 0 Å². The van der Waals surface area contributed by atoms with Crippen molar-refractivity contribution < 1.29 is 9.21 Å². The van der Waals surface area contributed by atoms with Gasteiger partial charge in [-0.15, -0.1) is 0 Å². The topological polar surface area (TPSA) is 66.7 Å². The van der Waals surface area contributed by atoms with Gasteiger partial charge in [-0.1, -0.05) is 20.3 Å². The number of piperazine rings is 1. The van der Waals surface area contributed by atoms with Gasteiger partial charge in [0.25, 0.3) is 5.91 Å². The molecule has 6 nitrogen and oxygen atoms in total. The molecule has 6 heteroatoms. The smallest absolute Gasteiger partial charge is 0.349 e. The molecule has 27 heavy (non-hydrogen) atoms. The molecule has 0 bridgehead atoms. The van der Waals surface area contributed by atoms with E-state index in [0.29, 0.717) is 24.4 Å². The van der Waals surface area contributed by atoms with Crippen LogP contribution >= 0.6 is 0 Å². The third-order valence-corrected chi connectivity index (χ3v) is 5.18. The van der Waals surface area contributed by atoms with E-state index in [1.54, 1.807) is 17.3 Å². The third kappa shape index (κ3) is 4.21. The zero-order valence-corrected chi connectivity index (χ0v) is 16.3. The number of carbonyl (C=O) groups is 1. The molecule has 2 aromatic heterocycles. The molecule has 2 aromatic rings. The first-order valence-corrected chi connectivity index (χ1v) is 9.60. The zero-order valence-electron chi connectivity index (χ0n) is 16.3. The van der Waals surface area contributed by atoms with Gasteiger partial charge in [-0.3, -0.25) is 9.78 Å². The maximum Gasteiger partial charge on any atom is 0.349 e. The SMILES string of the molecule is CCCC(C)c1cc(C)c(C(=O)N2CCN(c3ccncc3)CC2)c(=O)o1. The van der Waals surface area contributed by atoms with Gasteiger partial charge < -0.3 is 14.2 Å². The molecule has 3 heterocycles. The van der Waals surface area contributed by atoms with Crippen molar-refractivity contribution in [1.29, 1.82) is 0 Å². The summed E-state index contributed by atoms with van der Waals surface area (Å²) in [5.74, 6) is 0.609. The van der Waals surface area contributed by atoms with Gasteiger partial charge in [0.15, 0.2) is 0 Å². The fraction of sp³-hybridized carbons (Fsp3) is 0.476. The van der Waals surface area contributed by atoms with Crippen molar-refractivity contribution in [3.05, 3.63) is 57.9 Å². The lowest BCUT2D eigenvalue weighted by atomic mass is 10.00. The van der Waals surface area contributed by atoms with Gasteiger partial charge in [0.1, 0.15) is 11.3 Å². The van der Waals surface area contributed by atoms with E-state index in [4.69, 9.17) is 4.42 Å². The van der Waals surface area contributed by atoms with Crippen molar-refractivity contribution in [2.45, 2.75) is 39.5 Å². The number of hydrogen-bond acceptors (Lipinski definition) is 5. The second kappa shape index (κ2) is 8.37. The number of rotatable bonds is 5. The average molecular weight is 369 g/mol. The van der Waals surface area contributed by atoms with E-state index in [1.165, 1.54) is 0 Å². The molecular weight excluding hydrogens is 342 g/mol. The first-order chi connectivity index (χ1) is 13.0. The number of amides is 1. The van der Waals surface area contributed by atoms with E-state index in [-0.39, 0.29) is 17.4 Å². The summed E-state index contributed by atoms with van der Waals surface area (Å²) in [6.07, 6.45) is 5.50. The van der Waals surface area contributed by atoms with Crippen LogP contribution in [-0.2, 0) is 0 Å². The molecule has 144 valence electrons. The minimum absolute atomic E-state index is 0.166. The maximum atomic E-state index is 12.9. The van der Waals surface area contributed by atoms with Gasteiger partial charge in [0.05, 0.1) is 0 Å². The largest absolute Gasteiger partial charge is 0.427 e. The lowest BCUT2D eigenvalue weighted by Gasteiger charge is -2.36. The number of pyridine rings is 1. The lowest BCUT2D eigenvalue weighted by Crippen LogP contribution is -2.49. The highest BCUT2D eigenvalue weighted by Gasteiger charge is 2.27. The van der Waals surface area contributed by atoms with Crippen molar-refractivity contribution in [2.75, 3.05) is 31.1 Å². The highest BCUT2D eigenvalue weighted by molar-refractivity contribution is 5.95. The Kier molecular flexibility index (Phi) is 5.94. The number of aryl methyl sites for hydroxylation is 1. The predicted molar refractivity (Wildman–Crippen MR) is 105 cm³/mol. The van der Waals surface area contributed by atoms with Gasteiger partial charge in [0, 0.05) is 50.2 Å². The van der Waals surface area contributed by atoms with Crippen molar-refractivity contribution in [2.24, 2.45) is 0 Å². The van der Waals surface area contributed by atoms with Crippen molar-refractivity contribution in [3.63, 3.8) is 0 Å². The van der Waals surface area contributed by atoms with Crippen LogP contribution in [0.1, 0.15) is 54.3 Å². The van der Waals surface area contributed by atoms with Crippen molar-refractivity contribution in [3.8, 4) is 0 Å². The minimum Gasteiger partial charge on any atom is -0.427 e. The first-order valence-electron chi connectivity index (χ1n) is 9.60. The number of anilines is 1. The molecule has 1 aliphatic rings. The van der Waals surface area contributed by atoms with Gasteiger partial charge in [-0.25, -0.2) is 4.79 Å². The number of nitrogens with zero attached hydrogens (tertiary/aromatic N) is 3. The minimum atomic E-state index is -0.519. The van der Waals surface area contributed by atoms with Crippen LogP contribution in [0.15, 0.2) is 39.8 Å². The second-order valence-electron chi connectivity index (χ2n) is 7.17. The Balaban J connectivity index is 1.72. The first kappa shape index (κ1) is 19.1. The Labute approximate surface area is 159 Å². The van der Waals surface area contributed by atoms with Crippen LogP contribution in [0.5, 0.6) is 0 Å². The molecule has 1 unspecified atom stereocenters. The van der Waals surface area contributed by atoms with Crippen molar-refractivity contribution in [1.82, 2.24) is 9.88 Å². The third-order valence-electron chi connectivity index (χ3n) is 5.18. The average Bonchev–Trinajstić information content (AvgIpc) is 2.68. The molecule has 1 amide bonds. The highest BCUT2D eigenvalue weighted by atomic mass is 16.4. The number of hydrogen-bond donors (Lipinski definition) is 0. The summed E-state index contributed by atoms with van der Waals surface area (Å²) in [7, 11) is 0. The summed E-state index contributed by atoms with van der Waals surface area (Å²) in [5.41, 5.74) is 1.45. The van der Waals surface area contributed by atoms with E-state index in [1.807, 2.05) is 32.0 Å². The fourth-order valence-corrected chi connectivity index (χ4v) is 3.59. The molecule has 3 rings (SSSR count). The molecule has 0 aliphatic carbocycles. The quantitative estimate of drug-likeness (QED) is 0.810. The normalized spacial score (nSPS) is 15.7. The standard InChI is InChI=1S/C21H27N3O3/c1-4-5-15(2)18-14-16(3)19(21(26)27-18)20(25)24-12-10-23(11-13-24)17-6-8-22-9-7-17/h6-9,14-15H,4-5,10-13H2,1-3H3. The Bertz CT molecular complexity index is 839. The molecule has 0 spiro atoms. The summed E-state index contributed by atoms with van der Waals surface area (Å²) >= 11 is 0. The Hall–Kier alpha value is -2.63. The van der Waals surface area contributed by atoms with Crippen molar-refractivity contribution >= 4 is 11.6 Å². The lowest BCUT2D eigenvalue weighted by molar-refractivity contribution is 0.0740. The molecule has 1 aliphatic heterocycles. The number of aromatic nitrogens is 1. The fourth-order valence-electron chi connectivity index (χ4n) is 3.59. The summed E-state index contributed by atoms with van der Waals surface area (Å²) in [6.45, 7) is 8.57. The van der Waals surface area contributed by atoms with Crippen LogP contribution in [0.2, 0.25) is 0 Å². The molecule has 1 atom stereocenters. The number of carbonyl (C=O) groups excluding carboxylic acids is 1. The van der Waals surface area contributed by atoms with Crippen LogP contribution in [0.4, 0.5) is 5.69 Å². The molecule has 0 aromatic carbocycles. The maximum absolute atomic E-state index is 12.9. The Morgan fingerprint density at radius 2 is 1.89 bits per heavy atom. The highest BCUT2D eigenvalue weighted by Crippen LogP contribution is 2.22. The zero-order chi connectivity index (χ0) is 19.4. The van der Waals surface area contributed by atoms with Crippen LogP contribution in [-0.4, -0.2) is 42.0 Å². The predicted octanol–water partition coefficient (Wildman–Crippen LogP) is 3.21. The van der Waals surface area contributed by atoms with Gasteiger partial charge in [0.2, 0.25) is 0 Å².